The third-order valence-electron chi connectivity index (χ3n) is 3.30. The quantitative estimate of drug-likeness (QED) is 0.635. The van der Waals surface area contributed by atoms with E-state index < -0.39 is 0 Å². The first-order chi connectivity index (χ1) is 8.17. The predicted molar refractivity (Wildman–Crippen MR) is 70.8 cm³/mol. The Morgan fingerprint density at radius 3 is 2.71 bits per heavy atom. The summed E-state index contributed by atoms with van der Waals surface area (Å²) in [7, 11) is 0. The summed E-state index contributed by atoms with van der Waals surface area (Å²) in [4.78, 5) is 14.0. The lowest BCUT2D eigenvalue weighted by molar-refractivity contribution is -0.121. The van der Waals surface area contributed by atoms with Crippen LogP contribution in [-0.4, -0.2) is 42.5 Å². The standard InChI is InChI=1S/C13H27N3O/c1-3-5-11(14)10-13(17)15-8-9-16(4-2)12-6-7-12/h11-12H,3-10,14H2,1-2H3,(H,15,17). The van der Waals surface area contributed by atoms with Gasteiger partial charge >= 0.3 is 0 Å². The second-order valence-corrected chi connectivity index (χ2v) is 4.96. The highest BCUT2D eigenvalue weighted by Crippen LogP contribution is 2.25. The molecule has 1 aliphatic rings. The topological polar surface area (TPSA) is 58.4 Å². The number of rotatable bonds is 9. The second kappa shape index (κ2) is 7.67. The van der Waals surface area contributed by atoms with Crippen molar-refractivity contribution in [2.75, 3.05) is 19.6 Å². The van der Waals surface area contributed by atoms with Gasteiger partial charge in [-0.2, -0.15) is 0 Å². The summed E-state index contributed by atoms with van der Waals surface area (Å²) in [5.74, 6) is 0.0952. The zero-order valence-electron chi connectivity index (χ0n) is 11.2. The van der Waals surface area contributed by atoms with Gasteiger partial charge in [0, 0.05) is 31.6 Å². The number of amides is 1. The molecule has 1 rings (SSSR count). The molecule has 1 amide bonds. The Labute approximate surface area is 105 Å². The maximum atomic E-state index is 11.6. The van der Waals surface area contributed by atoms with E-state index in [0.717, 1.165) is 38.5 Å². The Balaban J connectivity index is 2.06. The summed E-state index contributed by atoms with van der Waals surface area (Å²) < 4.78 is 0. The average molecular weight is 241 g/mol. The van der Waals surface area contributed by atoms with Crippen molar-refractivity contribution in [3.05, 3.63) is 0 Å². The molecule has 4 heteroatoms. The first-order valence-electron chi connectivity index (χ1n) is 6.93. The van der Waals surface area contributed by atoms with E-state index in [2.05, 4.69) is 24.1 Å². The molecular formula is C13H27N3O. The molecule has 0 aromatic rings. The molecule has 1 unspecified atom stereocenters. The molecule has 0 radical (unpaired) electrons. The van der Waals surface area contributed by atoms with Crippen LogP contribution in [0, 0.1) is 0 Å². The molecule has 3 N–H and O–H groups in total. The molecule has 0 spiro atoms. The Morgan fingerprint density at radius 1 is 1.47 bits per heavy atom. The van der Waals surface area contributed by atoms with Crippen molar-refractivity contribution < 1.29 is 4.79 Å². The van der Waals surface area contributed by atoms with Gasteiger partial charge in [0.15, 0.2) is 0 Å². The van der Waals surface area contributed by atoms with Gasteiger partial charge in [-0.3, -0.25) is 9.69 Å². The van der Waals surface area contributed by atoms with E-state index in [4.69, 9.17) is 5.73 Å². The van der Waals surface area contributed by atoms with Crippen LogP contribution >= 0.6 is 0 Å². The summed E-state index contributed by atoms with van der Waals surface area (Å²) in [6, 6.07) is 0.796. The van der Waals surface area contributed by atoms with Crippen LogP contribution in [0.3, 0.4) is 0 Å². The molecular weight excluding hydrogens is 214 g/mol. The monoisotopic (exact) mass is 241 g/mol. The highest BCUT2D eigenvalue weighted by atomic mass is 16.1. The van der Waals surface area contributed by atoms with Gasteiger partial charge in [-0.05, 0) is 25.8 Å². The number of nitrogens with one attached hydrogen (secondary N) is 1. The third kappa shape index (κ3) is 6.03. The van der Waals surface area contributed by atoms with Crippen molar-refractivity contribution in [3.63, 3.8) is 0 Å². The number of hydrogen-bond donors (Lipinski definition) is 2. The lowest BCUT2D eigenvalue weighted by Crippen LogP contribution is -2.38. The first-order valence-corrected chi connectivity index (χ1v) is 6.93. The zero-order valence-corrected chi connectivity index (χ0v) is 11.2. The van der Waals surface area contributed by atoms with Crippen molar-refractivity contribution in [1.29, 1.82) is 0 Å². The fraction of sp³-hybridized carbons (Fsp3) is 0.923. The van der Waals surface area contributed by atoms with Gasteiger partial charge < -0.3 is 11.1 Å². The molecule has 17 heavy (non-hydrogen) atoms. The van der Waals surface area contributed by atoms with Gasteiger partial charge in [0.1, 0.15) is 0 Å². The molecule has 0 saturated heterocycles. The van der Waals surface area contributed by atoms with E-state index in [-0.39, 0.29) is 11.9 Å². The van der Waals surface area contributed by atoms with Gasteiger partial charge in [0.25, 0.3) is 0 Å². The van der Waals surface area contributed by atoms with Crippen LogP contribution in [0.15, 0.2) is 0 Å². The number of nitrogens with two attached hydrogens (primary N) is 1. The highest BCUT2D eigenvalue weighted by Gasteiger charge is 2.27. The van der Waals surface area contributed by atoms with Crippen LogP contribution in [0.2, 0.25) is 0 Å². The molecule has 100 valence electrons. The smallest absolute Gasteiger partial charge is 0.221 e. The van der Waals surface area contributed by atoms with Gasteiger partial charge in [-0.15, -0.1) is 0 Å². The second-order valence-electron chi connectivity index (χ2n) is 4.96. The normalized spacial score (nSPS) is 17.2. The van der Waals surface area contributed by atoms with Crippen LogP contribution in [0.25, 0.3) is 0 Å². The first kappa shape index (κ1) is 14.5. The van der Waals surface area contributed by atoms with Gasteiger partial charge in [0.05, 0.1) is 0 Å². The third-order valence-corrected chi connectivity index (χ3v) is 3.30. The number of nitrogens with zero attached hydrogens (tertiary/aromatic N) is 1. The van der Waals surface area contributed by atoms with E-state index >= 15 is 0 Å². The fourth-order valence-corrected chi connectivity index (χ4v) is 2.16. The minimum absolute atomic E-state index is 0.0192. The molecule has 1 aliphatic carbocycles. The molecule has 1 fully saturated rings. The molecule has 0 aromatic heterocycles. The van der Waals surface area contributed by atoms with Gasteiger partial charge in [-0.1, -0.05) is 20.3 Å². The SMILES string of the molecule is CCCC(N)CC(=O)NCCN(CC)C1CC1. The summed E-state index contributed by atoms with van der Waals surface area (Å²) >= 11 is 0. The maximum absolute atomic E-state index is 11.6. The molecule has 0 heterocycles. The zero-order chi connectivity index (χ0) is 12.7. The summed E-state index contributed by atoms with van der Waals surface area (Å²) in [6.07, 6.45) is 5.08. The van der Waals surface area contributed by atoms with Crippen LogP contribution in [0.1, 0.15) is 46.0 Å². The van der Waals surface area contributed by atoms with Crippen LogP contribution < -0.4 is 11.1 Å². The molecule has 0 aliphatic heterocycles. The summed E-state index contributed by atoms with van der Waals surface area (Å²) in [5.41, 5.74) is 5.83. The van der Waals surface area contributed by atoms with Crippen molar-refractivity contribution >= 4 is 5.91 Å². The van der Waals surface area contributed by atoms with Crippen molar-refractivity contribution in [2.45, 2.75) is 58.0 Å². The van der Waals surface area contributed by atoms with Crippen molar-refractivity contribution in [3.8, 4) is 0 Å². The van der Waals surface area contributed by atoms with Crippen LogP contribution in [0.4, 0.5) is 0 Å². The Kier molecular flexibility index (Phi) is 6.52. The van der Waals surface area contributed by atoms with E-state index in [9.17, 15) is 4.79 Å². The molecule has 0 bridgehead atoms. The minimum Gasteiger partial charge on any atom is -0.355 e. The number of likely N-dealkylation sites (N-methyl/N-ethyl adjacent to an activating group) is 1. The predicted octanol–water partition coefficient (Wildman–Crippen LogP) is 1.10. The van der Waals surface area contributed by atoms with Crippen LogP contribution in [-0.2, 0) is 4.79 Å². The van der Waals surface area contributed by atoms with E-state index in [1.165, 1.54) is 12.8 Å². The summed E-state index contributed by atoms with van der Waals surface area (Å²) in [6.45, 7) is 7.07. The van der Waals surface area contributed by atoms with E-state index in [1.807, 2.05) is 0 Å². The molecule has 0 aromatic carbocycles. The van der Waals surface area contributed by atoms with Crippen LogP contribution in [0.5, 0.6) is 0 Å². The lowest BCUT2D eigenvalue weighted by atomic mass is 10.1. The van der Waals surface area contributed by atoms with Gasteiger partial charge in [0.2, 0.25) is 5.91 Å². The molecule has 4 nitrogen and oxygen atoms in total. The van der Waals surface area contributed by atoms with E-state index in [1.54, 1.807) is 0 Å². The lowest BCUT2D eigenvalue weighted by Gasteiger charge is -2.20. The largest absolute Gasteiger partial charge is 0.355 e. The van der Waals surface area contributed by atoms with Crippen molar-refractivity contribution in [2.24, 2.45) is 5.73 Å². The number of carbonyl (C=O) groups excluding carboxylic acids is 1. The van der Waals surface area contributed by atoms with E-state index in [0.29, 0.717) is 6.42 Å². The highest BCUT2D eigenvalue weighted by molar-refractivity contribution is 5.76. The maximum Gasteiger partial charge on any atom is 0.221 e. The van der Waals surface area contributed by atoms with Gasteiger partial charge in [-0.25, -0.2) is 0 Å². The Morgan fingerprint density at radius 2 is 2.18 bits per heavy atom. The minimum atomic E-state index is 0.0192. The Hall–Kier alpha value is -0.610. The summed E-state index contributed by atoms with van der Waals surface area (Å²) in [5, 5.41) is 2.96. The average Bonchev–Trinajstić information content (AvgIpc) is 3.08. The molecule has 1 saturated carbocycles. The molecule has 1 atom stereocenters. The fourth-order valence-electron chi connectivity index (χ4n) is 2.16. The van der Waals surface area contributed by atoms with Crippen molar-refractivity contribution in [1.82, 2.24) is 10.2 Å². The number of carbonyl (C=O) groups is 1. The Bertz CT molecular complexity index is 229. The number of hydrogen-bond acceptors (Lipinski definition) is 3.